The van der Waals surface area contributed by atoms with Gasteiger partial charge in [-0.3, -0.25) is 0 Å². The minimum absolute atomic E-state index is 0.0611. The lowest BCUT2D eigenvalue weighted by Gasteiger charge is -2.55. The molecule has 1 aromatic heterocycles. The quantitative estimate of drug-likeness (QED) is 0.527. The topological polar surface area (TPSA) is 90.7 Å². The third-order valence-electron chi connectivity index (χ3n) is 10.6. The molecule has 206 valence electrons. The first-order chi connectivity index (χ1) is 18.7. The van der Waals surface area contributed by atoms with Crippen LogP contribution >= 0.6 is 0 Å². The molecule has 1 saturated carbocycles. The average molecular weight is 529 g/mol. The summed E-state index contributed by atoms with van der Waals surface area (Å²) in [5, 5.41) is 26.7. The smallest absolute Gasteiger partial charge is 0.137 e. The van der Waals surface area contributed by atoms with E-state index < -0.39 is 17.8 Å². The van der Waals surface area contributed by atoms with E-state index in [1.54, 1.807) is 6.33 Å². The minimum atomic E-state index is -0.899. The van der Waals surface area contributed by atoms with Gasteiger partial charge in [0.25, 0.3) is 0 Å². The number of anilines is 1. The second-order valence-electron chi connectivity index (χ2n) is 12.8. The van der Waals surface area contributed by atoms with Crippen molar-refractivity contribution in [2.45, 2.75) is 81.8 Å². The Balaban J connectivity index is 1.27. The molecule has 2 fully saturated rings. The maximum atomic E-state index is 11.2. The Morgan fingerprint density at radius 3 is 2.79 bits per heavy atom. The van der Waals surface area contributed by atoms with Crippen LogP contribution in [0.25, 0.3) is 16.5 Å². The molecule has 2 aliphatic heterocycles. The van der Waals surface area contributed by atoms with Crippen LogP contribution in [0.3, 0.4) is 0 Å². The molecular weight excluding hydrogens is 488 g/mol. The number of hydrogen-bond donors (Lipinski definition) is 3. The van der Waals surface area contributed by atoms with E-state index in [9.17, 15) is 10.2 Å². The van der Waals surface area contributed by atoms with Crippen molar-refractivity contribution in [1.29, 1.82) is 0 Å². The van der Waals surface area contributed by atoms with Crippen LogP contribution in [0, 0.1) is 11.3 Å². The number of rotatable bonds is 5. The third kappa shape index (κ3) is 3.43. The lowest BCUT2D eigenvalue weighted by Crippen LogP contribution is -2.61. The Morgan fingerprint density at radius 2 is 2.00 bits per heavy atom. The highest BCUT2D eigenvalue weighted by Crippen LogP contribution is 2.67. The summed E-state index contributed by atoms with van der Waals surface area (Å²) in [7, 11) is 3.96. The molecule has 0 amide bonds. The van der Waals surface area contributed by atoms with E-state index in [1.807, 2.05) is 19.0 Å². The lowest BCUT2D eigenvalue weighted by atomic mass is 9.58. The number of hydrogen-bond acceptors (Lipinski definition) is 7. The summed E-state index contributed by atoms with van der Waals surface area (Å²) >= 11 is 0. The highest BCUT2D eigenvalue weighted by Gasteiger charge is 2.67. The number of benzene rings is 1. The normalized spacial score (nSPS) is 38.6. The SMILES string of the molecule is CCCNc1ncnc2ccc(C3=CC[C@@H]4[C@]3(C)CC=C3C=C5[C@@H](O)[C@H](O)[C@@H](N(C)C)C[C@]56CC[C@@]34O6)cc12. The second kappa shape index (κ2) is 8.71. The molecule has 0 radical (unpaired) electrons. The number of aromatic nitrogens is 2. The zero-order chi connectivity index (χ0) is 27.2. The molecule has 7 atom stereocenters. The molecule has 2 aromatic rings. The monoisotopic (exact) mass is 528 g/mol. The molecule has 39 heavy (non-hydrogen) atoms. The summed E-state index contributed by atoms with van der Waals surface area (Å²) in [6, 6.07) is 6.46. The second-order valence-corrected chi connectivity index (χ2v) is 12.8. The molecule has 7 heteroatoms. The number of ether oxygens (including phenoxy) is 1. The zero-order valence-electron chi connectivity index (χ0n) is 23.4. The van der Waals surface area contributed by atoms with Gasteiger partial charge in [0.05, 0.1) is 22.8 Å². The van der Waals surface area contributed by atoms with Crippen LogP contribution in [0.4, 0.5) is 5.82 Å². The fraction of sp³-hybridized carbons (Fsp3) is 0.562. The first-order valence-electron chi connectivity index (χ1n) is 14.6. The largest absolute Gasteiger partial charge is 0.388 e. The van der Waals surface area contributed by atoms with Gasteiger partial charge < -0.3 is 25.2 Å². The number of likely N-dealkylation sites (N-methyl/N-ethyl adjacent to an activating group) is 1. The first kappa shape index (κ1) is 25.4. The van der Waals surface area contributed by atoms with Crippen LogP contribution in [0.1, 0.15) is 57.9 Å². The molecule has 2 spiro atoms. The molecular formula is C32H40N4O3. The van der Waals surface area contributed by atoms with Gasteiger partial charge in [-0.15, -0.1) is 0 Å². The van der Waals surface area contributed by atoms with Crippen molar-refractivity contribution in [3.8, 4) is 0 Å². The molecule has 1 saturated heterocycles. The van der Waals surface area contributed by atoms with Gasteiger partial charge in [-0.25, -0.2) is 9.97 Å². The molecule has 7 nitrogen and oxygen atoms in total. The van der Waals surface area contributed by atoms with Crippen LogP contribution in [-0.2, 0) is 4.74 Å². The van der Waals surface area contributed by atoms with E-state index >= 15 is 0 Å². The Labute approximate surface area is 230 Å². The van der Waals surface area contributed by atoms with Crippen LogP contribution in [0.15, 0.2) is 53.9 Å². The maximum Gasteiger partial charge on any atom is 0.137 e. The Kier molecular flexibility index (Phi) is 5.67. The van der Waals surface area contributed by atoms with Crippen molar-refractivity contribution in [2.24, 2.45) is 11.3 Å². The predicted molar refractivity (Wildman–Crippen MR) is 153 cm³/mol. The van der Waals surface area contributed by atoms with Gasteiger partial charge in [0, 0.05) is 29.3 Å². The molecule has 3 heterocycles. The van der Waals surface area contributed by atoms with Gasteiger partial charge in [-0.2, -0.15) is 0 Å². The number of aliphatic hydroxyl groups excluding tert-OH is 2. The van der Waals surface area contributed by atoms with Crippen molar-refractivity contribution < 1.29 is 14.9 Å². The summed E-state index contributed by atoms with van der Waals surface area (Å²) in [6.45, 7) is 5.45. The van der Waals surface area contributed by atoms with E-state index in [2.05, 4.69) is 65.6 Å². The lowest BCUT2D eigenvalue weighted by molar-refractivity contribution is -0.161. The van der Waals surface area contributed by atoms with Gasteiger partial charge >= 0.3 is 0 Å². The summed E-state index contributed by atoms with van der Waals surface area (Å²) in [5.41, 5.74) is 4.73. The van der Waals surface area contributed by atoms with Gasteiger partial charge in [-0.1, -0.05) is 38.1 Å². The molecule has 5 aliphatic rings. The molecule has 1 aromatic carbocycles. The predicted octanol–water partition coefficient (Wildman–Crippen LogP) is 4.48. The maximum absolute atomic E-state index is 11.2. The van der Waals surface area contributed by atoms with Crippen molar-refractivity contribution in [3.63, 3.8) is 0 Å². The molecule has 7 rings (SSSR count). The Bertz CT molecular complexity index is 1430. The van der Waals surface area contributed by atoms with Crippen LogP contribution < -0.4 is 5.32 Å². The zero-order valence-corrected chi connectivity index (χ0v) is 23.4. The van der Waals surface area contributed by atoms with Gasteiger partial charge in [0.15, 0.2) is 0 Å². The standard InChI is InChI=1S/C32H40N4O3/c1-5-14-33-29-21-15-19(6-8-24(21)34-18-35-29)22-7-9-26-30(22,2)11-10-20-16-23-27(37)28(38)25(36(3)4)17-31(23)12-13-32(20,26)39-31/h6-8,10,15-16,18,25-28,37-38H,5,9,11-14,17H2,1-4H3,(H,33,34,35)/t25-,26+,27+,28+,30+,31+,32+/m0/s1. The van der Waals surface area contributed by atoms with Crippen LogP contribution in [0.5, 0.6) is 0 Å². The van der Waals surface area contributed by atoms with Crippen molar-refractivity contribution >= 4 is 22.3 Å². The van der Waals surface area contributed by atoms with Crippen molar-refractivity contribution in [1.82, 2.24) is 14.9 Å². The van der Waals surface area contributed by atoms with E-state index in [4.69, 9.17) is 4.74 Å². The van der Waals surface area contributed by atoms with E-state index in [1.165, 1.54) is 16.7 Å². The summed E-state index contributed by atoms with van der Waals surface area (Å²) in [6.07, 6.45) is 12.4. The van der Waals surface area contributed by atoms with Crippen molar-refractivity contribution in [3.05, 3.63) is 59.5 Å². The summed E-state index contributed by atoms with van der Waals surface area (Å²) < 4.78 is 7.28. The highest BCUT2D eigenvalue weighted by molar-refractivity contribution is 5.92. The number of nitrogens with one attached hydrogen (secondary N) is 1. The third-order valence-corrected chi connectivity index (χ3v) is 10.6. The highest BCUT2D eigenvalue weighted by atomic mass is 16.5. The fourth-order valence-electron chi connectivity index (χ4n) is 8.55. The van der Waals surface area contributed by atoms with E-state index in [-0.39, 0.29) is 17.1 Å². The molecule has 0 unspecified atom stereocenters. The van der Waals surface area contributed by atoms with E-state index in [0.29, 0.717) is 12.3 Å². The fourth-order valence-corrected chi connectivity index (χ4v) is 8.55. The first-order valence-corrected chi connectivity index (χ1v) is 14.6. The summed E-state index contributed by atoms with van der Waals surface area (Å²) in [4.78, 5) is 11.1. The van der Waals surface area contributed by atoms with Crippen LogP contribution in [0.2, 0.25) is 0 Å². The number of allylic oxidation sites excluding steroid dienone is 3. The van der Waals surface area contributed by atoms with E-state index in [0.717, 1.165) is 60.9 Å². The van der Waals surface area contributed by atoms with Gasteiger partial charge in [0.2, 0.25) is 0 Å². The number of aliphatic hydroxyl groups is 2. The molecule has 2 bridgehead atoms. The van der Waals surface area contributed by atoms with Crippen LogP contribution in [-0.4, -0.2) is 75.2 Å². The Hall–Kier alpha value is -2.58. The average Bonchev–Trinajstić information content (AvgIpc) is 3.44. The minimum Gasteiger partial charge on any atom is -0.388 e. The van der Waals surface area contributed by atoms with Crippen molar-refractivity contribution in [2.75, 3.05) is 26.0 Å². The Morgan fingerprint density at radius 1 is 1.15 bits per heavy atom. The van der Waals surface area contributed by atoms with Gasteiger partial charge in [-0.05, 0) is 87.0 Å². The number of nitrogens with zero attached hydrogens (tertiary/aromatic N) is 3. The number of fused-ring (bicyclic) bond motifs is 2. The summed E-state index contributed by atoms with van der Waals surface area (Å²) in [5.74, 6) is 1.22. The molecule has 3 N–H and O–H groups in total. The molecule has 3 aliphatic carbocycles. The van der Waals surface area contributed by atoms with Gasteiger partial charge in [0.1, 0.15) is 18.2 Å².